The lowest BCUT2D eigenvalue weighted by Crippen LogP contribution is -2.15. The first-order chi connectivity index (χ1) is 9.38. The number of benzene rings is 1. The van der Waals surface area contributed by atoms with Gasteiger partial charge in [-0.05, 0) is 17.7 Å². The van der Waals surface area contributed by atoms with Gasteiger partial charge in [-0.2, -0.15) is 0 Å². The Morgan fingerprint density at radius 3 is 2.35 bits per heavy atom. The molecule has 0 aliphatic heterocycles. The van der Waals surface area contributed by atoms with Crippen LogP contribution < -0.4 is 5.43 Å². The summed E-state index contributed by atoms with van der Waals surface area (Å²) in [5.74, 6) is -1.98. The van der Waals surface area contributed by atoms with Crippen molar-refractivity contribution in [3.63, 3.8) is 0 Å². The van der Waals surface area contributed by atoms with Gasteiger partial charge in [0.2, 0.25) is 0 Å². The van der Waals surface area contributed by atoms with Gasteiger partial charge in [0.25, 0.3) is 0 Å². The number of nitrogens with zero attached hydrogens (tertiary/aromatic N) is 1. The van der Waals surface area contributed by atoms with E-state index >= 15 is 0 Å². The Kier molecular flexibility index (Phi) is 3.56. The van der Waals surface area contributed by atoms with Crippen LogP contribution in [0.5, 0.6) is 0 Å². The maximum Gasteiger partial charge on any atom is 0.309 e. The number of aryl methyl sites for hydroxylation is 1. The number of hydrogen-bond acceptors (Lipinski definition) is 3. The van der Waals surface area contributed by atoms with Crippen molar-refractivity contribution in [2.24, 2.45) is 7.05 Å². The molecular formula is C14H13NO5. The molecule has 1 aromatic carbocycles. The highest BCUT2D eigenvalue weighted by Crippen LogP contribution is 2.15. The van der Waals surface area contributed by atoms with Crippen molar-refractivity contribution < 1.29 is 19.8 Å². The van der Waals surface area contributed by atoms with Crippen LogP contribution in [0.3, 0.4) is 0 Å². The molecule has 2 rings (SSSR count). The van der Waals surface area contributed by atoms with Crippen LogP contribution in [-0.4, -0.2) is 26.7 Å². The van der Waals surface area contributed by atoms with E-state index in [4.69, 9.17) is 10.2 Å². The van der Waals surface area contributed by atoms with Gasteiger partial charge in [0, 0.05) is 24.2 Å². The minimum Gasteiger partial charge on any atom is -0.481 e. The van der Waals surface area contributed by atoms with Gasteiger partial charge < -0.3 is 14.8 Å². The van der Waals surface area contributed by atoms with E-state index in [0.717, 1.165) is 0 Å². The average molecular weight is 275 g/mol. The number of rotatable bonds is 4. The number of carboxylic acids is 2. The molecule has 0 saturated heterocycles. The van der Waals surface area contributed by atoms with E-state index in [1.54, 1.807) is 23.7 Å². The minimum absolute atomic E-state index is 0.157. The van der Waals surface area contributed by atoms with Crippen LogP contribution in [0.4, 0.5) is 0 Å². The molecule has 0 unspecified atom stereocenters. The summed E-state index contributed by atoms with van der Waals surface area (Å²) in [4.78, 5) is 33.5. The van der Waals surface area contributed by atoms with Gasteiger partial charge in [-0.15, -0.1) is 0 Å². The van der Waals surface area contributed by atoms with Gasteiger partial charge in [-0.25, -0.2) is 0 Å². The fraction of sp³-hybridized carbons (Fsp3) is 0.214. The predicted octanol–water partition coefficient (Wildman–Crippen LogP) is 0.793. The highest BCUT2D eigenvalue weighted by molar-refractivity contribution is 5.82. The highest BCUT2D eigenvalue weighted by Gasteiger charge is 2.11. The maximum absolute atomic E-state index is 12.0. The van der Waals surface area contributed by atoms with Crippen LogP contribution in [-0.2, 0) is 29.5 Å². The molecule has 0 bridgehead atoms. The molecule has 0 spiro atoms. The van der Waals surface area contributed by atoms with Crippen molar-refractivity contribution in [3.8, 4) is 0 Å². The first kappa shape index (κ1) is 13.8. The van der Waals surface area contributed by atoms with Gasteiger partial charge in [0.15, 0.2) is 5.43 Å². The van der Waals surface area contributed by atoms with Crippen molar-refractivity contribution >= 4 is 22.8 Å². The second-order valence-electron chi connectivity index (χ2n) is 4.55. The molecule has 0 saturated carbocycles. The summed E-state index contributed by atoms with van der Waals surface area (Å²) in [5.41, 5.74) is 1.22. The van der Waals surface area contributed by atoms with Crippen molar-refractivity contribution in [3.05, 3.63) is 45.7 Å². The number of fused-ring (bicyclic) bond motifs is 1. The van der Waals surface area contributed by atoms with Gasteiger partial charge in [-0.1, -0.05) is 6.07 Å². The molecule has 20 heavy (non-hydrogen) atoms. The molecule has 0 aliphatic carbocycles. The highest BCUT2D eigenvalue weighted by atomic mass is 16.4. The first-order valence-corrected chi connectivity index (χ1v) is 5.93. The number of aromatic nitrogens is 1. The van der Waals surface area contributed by atoms with E-state index in [-0.39, 0.29) is 18.3 Å². The average Bonchev–Trinajstić information content (AvgIpc) is 2.34. The quantitative estimate of drug-likeness (QED) is 0.860. The van der Waals surface area contributed by atoms with Crippen molar-refractivity contribution in [1.29, 1.82) is 0 Å². The Labute approximate surface area is 113 Å². The van der Waals surface area contributed by atoms with Crippen LogP contribution in [0, 0.1) is 0 Å². The molecule has 2 aromatic rings. The fourth-order valence-electron chi connectivity index (χ4n) is 2.16. The van der Waals surface area contributed by atoms with Crippen molar-refractivity contribution in [1.82, 2.24) is 4.57 Å². The van der Waals surface area contributed by atoms with Crippen LogP contribution in [0.25, 0.3) is 10.9 Å². The first-order valence-electron chi connectivity index (χ1n) is 5.93. The molecule has 0 atom stereocenters. The molecule has 0 fully saturated rings. The summed E-state index contributed by atoms with van der Waals surface area (Å²) in [7, 11) is 1.68. The fourth-order valence-corrected chi connectivity index (χ4v) is 2.16. The molecule has 2 N–H and O–H groups in total. The molecule has 0 amide bonds. The summed E-state index contributed by atoms with van der Waals surface area (Å²) in [6.07, 6.45) is -0.394. The second-order valence-corrected chi connectivity index (χ2v) is 4.55. The van der Waals surface area contributed by atoms with E-state index in [0.29, 0.717) is 22.2 Å². The Bertz CT molecular complexity index is 760. The lowest BCUT2D eigenvalue weighted by molar-refractivity contribution is -0.137. The number of carbonyl (C=O) groups is 2. The van der Waals surface area contributed by atoms with Crippen LogP contribution in [0.1, 0.15) is 11.3 Å². The van der Waals surface area contributed by atoms with Gasteiger partial charge in [-0.3, -0.25) is 14.4 Å². The third-order valence-corrected chi connectivity index (χ3v) is 3.10. The zero-order valence-electron chi connectivity index (χ0n) is 10.8. The SMILES string of the molecule is Cn1c(CC(=O)O)cc(=O)c2cc(CC(=O)O)ccc21. The van der Waals surface area contributed by atoms with Gasteiger partial charge >= 0.3 is 11.9 Å². The van der Waals surface area contributed by atoms with Crippen LogP contribution in [0.2, 0.25) is 0 Å². The van der Waals surface area contributed by atoms with Gasteiger partial charge in [0.1, 0.15) is 0 Å². The van der Waals surface area contributed by atoms with E-state index in [9.17, 15) is 14.4 Å². The van der Waals surface area contributed by atoms with E-state index in [1.165, 1.54) is 12.1 Å². The summed E-state index contributed by atoms with van der Waals surface area (Å²) < 4.78 is 1.63. The molecule has 104 valence electrons. The monoisotopic (exact) mass is 275 g/mol. The Hall–Kier alpha value is -2.63. The van der Waals surface area contributed by atoms with E-state index in [2.05, 4.69) is 0 Å². The number of pyridine rings is 1. The summed E-state index contributed by atoms with van der Waals surface area (Å²) >= 11 is 0. The lowest BCUT2D eigenvalue weighted by atomic mass is 10.1. The Morgan fingerprint density at radius 1 is 1.10 bits per heavy atom. The van der Waals surface area contributed by atoms with E-state index in [1.807, 2.05) is 0 Å². The largest absolute Gasteiger partial charge is 0.481 e. The minimum atomic E-state index is -1.01. The second kappa shape index (κ2) is 5.16. The smallest absolute Gasteiger partial charge is 0.309 e. The standard InChI is InChI=1S/C14H13NO5/c1-15-9(7-14(19)20)6-12(16)10-4-8(5-13(17)18)2-3-11(10)15/h2-4,6H,5,7H2,1H3,(H,17,18)(H,19,20). The predicted molar refractivity (Wildman–Crippen MR) is 71.9 cm³/mol. The molecular weight excluding hydrogens is 262 g/mol. The molecule has 1 aromatic heterocycles. The topological polar surface area (TPSA) is 96.6 Å². The van der Waals surface area contributed by atoms with Crippen LogP contribution in [0.15, 0.2) is 29.1 Å². The molecule has 6 heteroatoms. The summed E-state index contributed by atoms with van der Waals surface area (Å²) in [6.45, 7) is 0. The normalized spacial score (nSPS) is 10.7. The number of aliphatic carboxylic acids is 2. The molecule has 6 nitrogen and oxygen atoms in total. The maximum atomic E-state index is 12.0. The molecule has 0 aliphatic rings. The third kappa shape index (κ3) is 2.69. The Balaban J connectivity index is 2.62. The zero-order valence-corrected chi connectivity index (χ0v) is 10.8. The number of hydrogen-bond donors (Lipinski definition) is 2. The number of carboxylic acid groups (broad SMARTS) is 2. The van der Waals surface area contributed by atoms with Crippen molar-refractivity contribution in [2.75, 3.05) is 0 Å². The van der Waals surface area contributed by atoms with Gasteiger partial charge in [0.05, 0.1) is 18.4 Å². The van der Waals surface area contributed by atoms with E-state index < -0.39 is 11.9 Å². The summed E-state index contributed by atoms with van der Waals surface area (Å²) in [5, 5.41) is 18.0. The van der Waals surface area contributed by atoms with Crippen molar-refractivity contribution in [2.45, 2.75) is 12.8 Å². The molecule has 1 heterocycles. The Morgan fingerprint density at radius 2 is 1.75 bits per heavy atom. The zero-order chi connectivity index (χ0) is 14.9. The molecule has 0 radical (unpaired) electrons. The van der Waals surface area contributed by atoms with Crippen LogP contribution >= 0.6 is 0 Å². The third-order valence-electron chi connectivity index (χ3n) is 3.10. The summed E-state index contributed by atoms with van der Waals surface area (Å²) in [6, 6.07) is 6.08. The lowest BCUT2D eigenvalue weighted by Gasteiger charge is -2.11.